The van der Waals surface area contributed by atoms with E-state index in [1.54, 1.807) is 12.0 Å². The zero-order valence-electron chi connectivity index (χ0n) is 19.6. The summed E-state index contributed by atoms with van der Waals surface area (Å²) in [5.41, 5.74) is 2.47. The highest BCUT2D eigenvalue weighted by molar-refractivity contribution is 5.42. The van der Waals surface area contributed by atoms with Crippen LogP contribution in [0, 0.1) is 0 Å². The molecular weight excluding hydrogens is 374 g/mol. The highest BCUT2D eigenvalue weighted by Gasteiger charge is 2.14. The number of hydrogen-bond acceptors (Lipinski definition) is 2. The fourth-order valence-electron chi connectivity index (χ4n) is 3.65. The molecule has 2 aromatic rings. The minimum absolute atomic E-state index is 0.550. The summed E-state index contributed by atoms with van der Waals surface area (Å²) < 4.78 is 11.7. The molecule has 0 amide bonds. The first-order valence-corrected chi connectivity index (χ1v) is 11.2. The van der Waals surface area contributed by atoms with Crippen molar-refractivity contribution in [3.8, 4) is 11.5 Å². The lowest BCUT2D eigenvalue weighted by molar-refractivity contribution is -0.925. The van der Waals surface area contributed by atoms with E-state index in [1.807, 2.05) is 24.3 Å². The fraction of sp³-hybridized carbons (Fsp3) is 0.520. The number of rotatable bonds is 14. The third-order valence-electron chi connectivity index (χ3n) is 5.33. The Kier molecular flexibility index (Phi) is 10.7. The molecule has 0 saturated heterocycles. The van der Waals surface area contributed by atoms with Gasteiger partial charge in [-0.15, -0.1) is 0 Å². The van der Waals surface area contributed by atoms with Crippen LogP contribution in [0.4, 0.5) is 0 Å². The van der Waals surface area contributed by atoms with Gasteiger partial charge in [0.05, 0.1) is 61.5 Å². The maximum Gasteiger partial charge on any atom is 0.162 e. The molecule has 0 radical (unpaired) electrons. The van der Waals surface area contributed by atoms with Crippen LogP contribution in [-0.2, 0) is 13.2 Å². The molecule has 30 heavy (non-hydrogen) atoms. The Morgan fingerprint density at radius 3 is 1.90 bits per heavy atom. The lowest BCUT2D eigenvalue weighted by atomic mass is 10.1. The SMILES string of the molecule is COc1ccc(C[NH+](CCC[NH+](C)C)CCC[NH+](C)C)cc1OCc1ccccc1. The number of nitrogens with one attached hydrogen (secondary N) is 3. The first kappa shape index (κ1) is 24.2. The number of ether oxygens (including phenoxy) is 2. The van der Waals surface area contributed by atoms with Crippen LogP contribution in [0.5, 0.6) is 11.5 Å². The largest absolute Gasteiger partial charge is 0.493 e. The lowest BCUT2D eigenvalue weighted by Crippen LogP contribution is -3.13. The predicted molar refractivity (Wildman–Crippen MR) is 123 cm³/mol. The van der Waals surface area contributed by atoms with Crippen molar-refractivity contribution in [3.05, 3.63) is 59.7 Å². The predicted octanol–water partition coefficient (Wildman–Crippen LogP) is -0.272. The molecule has 2 rings (SSSR count). The van der Waals surface area contributed by atoms with E-state index in [-0.39, 0.29) is 0 Å². The maximum atomic E-state index is 6.12. The molecule has 0 unspecified atom stereocenters. The van der Waals surface area contributed by atoms with Crippen LogP contribution < -0.4 is 24.2 Å². The van der Waals surface area contributed by atoms with Gasteiger partial charge >= 0.3 is 0 Å². The first-order valence-electron chi connectivity index (χ1n) is 11.2. The van der Waals surface area contributed by atoms with E-state index < -0.39 is 0 Å². The minimum atomic E-state index is 0.550. The third-order valence-corrected chi connectivity index (χ3v) is 5.33. The average Bonchev–Trinajstić information content (AvgIpc) is 2.72. The van der Waals surface area contributed by atoms with E-state index >= 15 is 0 Å². The van der Waals surface area contributed by atoms with Gasteiger partial charge in [0.1, 0.15) is 13.2 Å². The Balaban J connectivity index is 2.03. The lowest BCUT2D eigenvalue weighted by Gasteiger charge is -2.21. The summed E-state index contributed by atoms with van der Waals surface area (Å²) in [5.74, 6) is 1.62. The molecule has 5 heteroatoms. The molecule has 0 bridgehead atoms. The van der Waals surface area contributed by atoms with Crippen molar-refractivity contribution in [2.45, 2.75) is 26.0 Å². The number of hydrogen-bond donors (Lipinski definition) is 3. The van der Waals surface area contributed by atoms with Crippen molar-refractivity contribution < 1.29 is 24.2 Å². The van der Waals surface area contributed by atoms with Crippen LogP contribution >= 0.6 is 0 Å². The summed E-state index contributed by atoms with van der Waals surface area (Å²) in [6.07, 6.45) is 2.50. The molecular formula is C25H42N3O2+3. The molecule has 5 nitrogen and oxygen atoms in total. The molecule has 3 N–H and O–H groups in total. The van der Waals surface area contributed by atoms with Gasteiger partial charge in [0.2, 0.25) is 0 Å². The zero-order valence-corrected chi connectivity index (χ0v) is 19.6. The summed E-state index contributed by atoms with van der Waals surface area (Å²) in [7, 11) is 10.6. The Morgan fingerprint density at radius 1 is 0.700 bits per heavy atom. The van der Waals surface area contributed by atoms with Gasteiger partial charge in [-0.25, -0.2) is 0 Å². The topological polar surface area (TPSA) is 31.8 Å². The highest BCUT2D eigenvalue weighted by Crippen LogP contribution is 2.28. The molecule has 0 saturated carbocycles. The van der Waals surface area contributed by atoms with Gasteiger partial charge in [0.25, 0.3) is 0 Å². The number of quaternary nitrogens is 3. The average molecular weight is 417 g/mol. The summed E-state index contributed by atoms with van der Waals surface area (Å²) in [5, 5.41) is 0. The second-order valence-corrected chi connectivity index (χ2v) is 8.81. The fourth-order valence-corrected chi connectivity index (χ4v) is 3.65. The van der Waals surface area contributed by atoms with Crippen LogP contribution in [0.15, 0.2) is 48.5 Å². The number of methoxy groups -OCH3 is 1. The van der Waals surface area contributed by atoms with Crippen molar-refractivity contribution >= 4 is 0 Å². The van der Waals surface area contributed by atoms with E-state index in [1.165, 1.54) is 54.4 Å². The summed E-state index contributed by atoms with van der Waals surface area (Å²) in [6, 6.07) is 16.7. The van der Waals surface area contributed by atoms with Crippen molar-refractivity contribution in [3.63, 3.8) is 0 Å². The van der Waals surface area contributed by atoms with Gasteiger partial charge in [-0.05, 0) is 23.8 Å². The Morgan fingerprint density at radius 2 is 1.33 bits per heavy atom. The van der Waals surface area contributed by atoms with Gasteiger partial charge in [0, 0.05) is 18.4 Å². The standard InChI is InChI=1S/C25H39N3O2/c1-26(2)15-9-17-28(18-10-16-27(3)4)20-23-13-14-24(29-5)25(19-23)30-21-22-11-7-6-8-12-22/h6-8,11-14,19H,9-10,15-18,20-21H2,1-5H3/p+3. The van der Waals surface area contributed by atoms with Crippen LogP contribution in [0.25, 0.3) is 0 Å². The van der Waals surface area contributed by atoms with E-state index in [2.05, 4.69) is 52.5 Å². The van der Waals surface area contributed by atoms with Gasteiger partial charge < -0.3 is 24.2 Å². The minimum Gasteiger partial charge on any atom is -0.493 e. The molecule has 0 heterocycles. The normalized spacial score (nSPS) is 11.5. The maximum absolute atomic E-state index is 6.12. The van der Waals surface area contributed by atoms with Crippen molar-refractivity contribution in [2.75, 3.05) is 61.5 Å². The molecule has 0 aromatic heterocycles. The summed E-state index contributed by atoms with van der Waals surface area (Å²) in [4.78, 5) is 4.69. The smallest absolute Gasteiger partial charge is 0.162 e. The van der Waals surface area contributed by atoms with E-state index in [4.69, 9.17) is 9.47 Å². The van der Waals surface area contributed by atoms with Gasteiger partial charge in [0.15, 0.2) is 11.5 Å². The second kappa shape index (κ2) is 13.3. The Bertz CT molecular complexity index is 706. The van der Waals surface area contributed by atoms with Crippen LogP contribution in [0.3, 0.4) is 0 Å². The Hall–Kier alpha value is -2.08. The van der Waals surface area contributed by atoms with E-state index in [0.717, 1.165) is 23.6 Å². The molecule has 0 aliphatic heterocycles. The van der Waals surface area contributed by atoms with E-state index in [9.17, 15) is 0 Å². The van der Waals surface area contributed by atoms with Gasteiger partial charge in [-0.2, -0.15) is 0 Å². The van der Waals surface area contributed by atoms with Crippen molar-refractivity contribution in [1.82, 2.24) is 0 Å². The monoisotopic (exact) mass is 416 g/mol. The van der Waals surface area contributed by atoms with Gasteiger partial charge in [-0.3, -0.25) is 0 Å². The third kappa shape index (κ3) is 9.16. The van der Waals surface area contributed by atoms with Crippen LogP contribution in [0.1, 0.15) is 24.0 Å². The molecule has 0 spiro atoms. The van der Waals surface area contributed by atoms with Gasteiger partial charge in [-0.1, -0.05) is 30.3 Å². The summed E-state index contributed by atoms with van der Waals surface area (Å²) >= 11 is 0. The molecule has 0 aliphatic carbocycles. The quantitative estimate of drug-likeness (QED) is 0.396. The van der Waals surface area contributed by atoms with Crippen molar-refractivity contribution in [1.29, 1.82) is 0 Å². The first-order chi connectivity index (χ1) is 14.5. The number of benzene rings is 2. The van der Waals surface area contributed by atoms with Crippen LogP contribution in [0.2, 0.25) is 0 Å². The highest BCUT2D eigenvalue weighted by atomic mass is 16.5. The van der Waals surface area contributed by atoms with Crippen LogP contribution in [-0.4, -0.2) is 61.5 Å². The molecule has 0 aliphatic rings. The summed E-state index contributed by atoms with van der Waals surface area (Å²) in [6.45, 7) is 6.43. The Labute approximate surface area is 183 Å². The zero-order chi connectivity index (χ0) is 21.8. The van der Waals surface area contributed by atoms with E-state index in [0.29, 0.717) is 6.61 Å². The second-order valence-electron chi connectivity index (χ2n) is 8.81. The molecule has 0 atom stereocenters. The van der Waals surface area contributed by atoms with Crippen molar-refractivity contribution in [2.24, 2.45) is 0 Å². The molecule has 166 valence electrons. The molecule has 0 fully saturated rings. The molecule has 2 aromatic carbocycles.